The van der Waals surface area contributed by atoms with E-state index in [4.69, 9.17) is 15.6 Å². The van der Waals surface area contributed by atoms with Crippen LogP contribution in [0.4, 0.5) is 0 Å². The van der Waals surface area contributed by atoms with Crippen LogP contribution in [-0.4, -0.2) is 29.7 Å². The first kappa shape index (κ1) is 15.0. The Morgan fingerprint density at radius 2 is 2.10 bits per heavy atom. The Hall–Kier alpha value is -1.36. The van der Waals surface area contributed by atoms with Gasteiger partial charge in [0.15, 0.2) is 0 Å². The molecule has 5 heteroatoms. The monoisotopic (exact) mass is 281 g/mol. The van der Waals surface area contributed by atoms with E-state index in [2.05, 4.69) is 0 Å². The number of hydrogen-bond donors (Lipinski definition) is 2. The van der Waals surface area contributed by atoms with Crippen LogP contribution >= 0.6 is 0 Å². The third-order valence-corrected chi connectivity index (χ3v) is 4.62. The number of nitrogens with two attached hydrogens (primary N) is 1. The molecule has 1 aliphatic heterocycles. The largest absolute Gasteiger partial charge is 0.481 e. The summed E-state index contributed by atoms with van der Waals surface area (Å²) in [5, 5.41) is 9.16. The van der Waals surface area contributed by atoms with Crippen molar-refractivity contribution in [3.05, 3.63) is 11.6 Å². The molecule has 112 valence electrons. The van der Waals surface area contributed by atoms with E-state index in [9.17, 15) is 9.59 Å². The van der Waals surface area contributed by atoms with Crippen molar-refractivity contribution in [1.82, 2.24) is 0 Å². The Labute approximate surface area is 119 Å². The lowest BCUT2D eigenvalue weighted by atomic mass is 9.66. The summed E-state index contributed by atoms with van der Waals surface area (Å²) < 4.78 is 4.89. The topological polar surface area (TPSA) is 89.6 Å². The van der Waals surface area contributed by atoms with Crippen LogP contribution in [0.15, 0.2) is 11.6 Å². The van der Waals surface area contributed by atoms with E-state index < -0.39 is 5.97 Å². The van der Waals surface area contributed by atoms with Gasteiger partial charge in [-0.05, 0) is 24.7 Å². The van der Waals surface area contributed by atoms with E-state index in [1.807, 2.05) is 6.08 Å². The normalized spacial score (nSPS) is 25.4. The molecule has 1 heterocycles. The molecule has 2 aliphatic rings. The zero-order valence-corrected chi connectivity index (χ0v) is 11.8. The van der Waals surface area contributed by atoms with E-state index in [1.54, 1.807) is 0 Å². The molecule has 3 N–H and O–H groups in total. The van der Waals surface area contributed by atoms with Crippen LogP contribution in [0.25, 0.3) is 0 Å². The molecule has 1 saturated carbocycles. The minimum atomic E-state index is -0.782. The molecule has 1 aliphatic carbocycles. The molecule has 1 unspecified atom stereocenters. The third-order valence-electron chi connectivity index (χ3n) is 4.62. The molecular weight excluding hydrogens is 258 g/mol. The van der Waals surface area contributed by atoms with Crippen molar-refractivity contribution in [3.8, 4) is 0 Å². The van der Waals surface area contributed by atoms with Crippen LogP contribution in [-0.2, 0) is 14.3 Å². The maximum absolute atomic E-state index is 11.4. The van der Waals surface area contributed by atoms with Gasteiger partial charge in [-0.25, -0.2) is 4.79 Å². The summed E-state index contributed by atoms with van der Waals surface area (Å²) in [6.45, 7) is 0.445. The number of esters is 1. The lowest BCUT2D eigenvalue weighted by Crippen LogP contribution is -2.44. The van der Waals surface area contributed by atoms with E-state index in [-0.39, 0.29) is 23.8 Å². The van der Waals surface area contributed by atoms with Gasteiger partial charge in [-0.15, -0.1) is 0 Å². The lowest BCUT2D eigenvalue weighted by molar-refractivity contribution is -0.141. The summed E-state index contributed by atoms with van der Waals surface area (Å²) in [7, 11) is 0. The SMILES string of the molecule is NC(CC=C1CCOC1=O)C1(CC(=O)O)CCCCC1. The quantitative estimate of drug-likeness (QED) is 0.594. The number of aliphatic carboxylic acids is 1. The number of carbonyl (C=O) groups excluding carboxylic acids is 1. The molecule has 2 rings (SSSR count). The van der Waals surface area contributed by atoms with Gasteiger partial charge >= 0.3 is 11.9 Å². The zero-order chi connectivity index (χ0) is 14.6. The van der Waals surface area contributed by atoms with Crippen LogP contribution in [0.1, 0.15) is 51.4 Å². The molecule has 0 spiro atoms. The number of hydrogen-bond acceptors (Lipinski definition) is 4. The Morgan fingerprint density at radius 1 is 1.40 bits per heavy atom. The summed E-state index contributed by atoms with van der Waals surface area (Å²) in [5.74, 6) is -1.04. The van der Waals surface area contributed by atoms with Crippen LogP contribution < -0.4 is 5.73 Å². The fraction of sp³-hybridized carbons (Fsp3) is 0.733. The number of carboxylic acid groups (broad SMARTS) is 1. The van der Waals surface area contributed by atoms with Gasteiger partial charge in [-0.3, -0.25) is 4.79 Å². The van der Waals surface area contributed by atoms with Gasteiger partial charge < -0.3 is 15.6 Å². The van der Waals surface area contributed by atoms with E-state index in [0.29, 0.717) is 25.0 Å². The number of carbonyl (C=O) groups is 2. The van der Waals surface area contributed by atoms with Gasteiger partial charge in [0.05, 0.1) is 13.0 Å². The molecule has 1 atom stereocenters. The second-order valence-corrected chi connectivity index (χ2v) is 5.95. The van der Waals surface area contributed by atoms with Crippen molar-refractivity contribution in [2.75, 3.05) is 6.61 Å². The standard InChI is InChI=1S/C15H23NO4/c16-12(5-4-11-6-9-20-14(11)19)15(10-13(17)18)7-2-1-3-8-15/h4,12H,1-3,5-10,16H2,(H,17,18). The Morgan fingerprint density at radius 3 is 2.65 bits per heavy atom. The molecule has 20 heavy (non-hydrogen) atoms. The number of carboxylic acids is 1. The van der Waals surface area contributed by atoms with Gasteiger partial charge in [0, 0.05) is 18.0 Å². The fourth-order valence-electron chi connectivity index (χ4n) is 3.39. The molecule has 0 amide bonds. The summed E-state index contributed by atoms with van der Waals surface area (Å²) in [6, 6.07) is -0.209. The summed E-state index contributed by atoms with van der Waals surface area (Å²) in [5.41, 5.74) is 6.66. The summed E-state index contributed by atoms with van der Waals surface area (Å²) in [4.78, 5) is 22.5. The second-order valence-electron chi connectivity index (χ2n) is 5.95. The minimum Gasteiger partial charge on any atom is -0.481 e. The molecule has 0 aromatic heterocycles. The molecule has 0 bridgehead atoms. The molecule has 2 fully saturated rings. The Balaban J connectivity index is 2.04. The van der Waals surface area contributed by atoms with Gasteiger partial charge in [-0.2, -0.15) is 0 Å². The van der Waals surface area contributed by atoms with Crippen LogP contribution in [0.5, 0.6) is 0 Å². The molecule has 1 saturated heterocycles. The average molecular weight is 281 g/mol. The highest BCUT2D eigenvalue weighted by Gasteiger charge is 2.39. The molecule has 0 aromatic carbocycles. The van der Waals surface area contributed by atoms with E-state index in [0.717, 1.165) is 32.1 Å². The second kappa shape index (κ2) is 6.39. The smallest absolute Gasteiger partial charge is 0.333 e. The number of rotatable bonds is 5. The number of cyclic esters (lactones) is 1. The van der Waals surface area contributed by atoms with Crippen molar-refractivity contribution in [1.29, 1.82) is 0 Å². The van der Waals surface area contributed by atoms with Crippen molar-refractivity contribution in [2.45, 2.75) is 57.4 Å². The highest BCUT2D eigenvalue weighted by Crippen LogP contribution is 2.42. The van der Waals surface area contributed by atoms with Crippen LogP contribution in [0, 0.1) is 5.41 Å². The molecule has 0 aromatic rings. The van der Waals surface area contributed by atoms with Crippen LogP contribution in [0.2, 0.25) is 0 Å². The van der Waals surface area contributed by atoms with Gasteiger partial charge in [0.2, 0.25) is 0 Å². The highest BCUT2D eigenvalue weighted by molar-refractivity contribution is 5.90. The molecule has 5 nitrogen and oxygen atoms in total. The predicted molar refractivity (Wildman–Crippen MR) is 74.0 cm³/mol. The van der Waals surface area contributed by atoms with Crippen LogP contribution in [0.3, 0.4) is 0 Å². The van der Waals surface area contributed by atoms with Crippen molar-refractivity contribution >= 4 is 11.9 Å². The molecule has 0 radical (unpaired) electrons. The van der Waals surface area contributed by atoms with Gasteiger partial charge in [0.25, 0.3) is 0 Å². The Kier molecular flexibility index (Phi) is 4.81. The Bertz CT molecular complexity index is 410. The number of ether oxygens (including phenoxy) is 1. The predicted octanol–water partition coefficient (Wildman–Crippen LogP) is 2.00. The van der Waals surface area contributed by atoms with Crippen molar-refractivity contribution < 1.29 is 19.4 Å². The average Bonchev–Trinajstić information content (AvgIpc) is 2.81. The summed E-state index contributed by atoms with van der Waals surface area (Å²) in [6.07, 6.45) is 8.14. The first-order valence-electron chi connectivity index (χ1n) is 7.37. The first-order chi connectivity index (χ1) is 9.53. The van der Waals surface area contributed by atoms with Gasteiger partial charge in [-0.1, -0.05) is 25.3 Å². The zero-order valence-electron chi connectivity index (χ0n) is 11.8. The minimum absolute atomic E-state index is 0.127. The molecular formula is C15H23NO4. The highest BCUT2D eigenvalue weighted by atomic mass is 16.5. The first-order valence-corrected chi connectivity index (χ1v) is 7.37. The van der Waals surface area contributed by atoms with E-state index >= 15 is 0 Å². The third kappa shape index (κ3) is 3.39. The maximum atomic E-state index is 11.4. The van der Waals surface area contributed by atoms with Crippen molar-refractivity contribution in [2.24, 2.45) is 11.1 Å². The van der Waals surface area contributed by atoms with Gasteiger partial charge in [0.1, 0.15) is 0 Å². The summed E-state index contributed by atoms with van der Waals surface area (Å²) >= 11 is 0. The van der Waals surface area contributed by atoms with Crippen molar-refractivity contribution in [3.63, 3.8) is 0 Å². The lowest BCUT2D eigenvalue weighted by Gasteiger charge is -2.40. The van der Waals surface area contributed by atoms with E-state index in [1.165, 1.54) is 0 Å². The fourth-order valence-corrected chi connectivity index (χ4v) is 3.39. The maximum Gasteiger partial charge on any atom is 0.333 e.